The number of para-hydroxylation sites is 2. The second-order valence-electron chi connectivity index (χ2n) is 7.65. The van der Waals surface area contributed by atoms with Gasteiger partial charge in [-0.25, -0.2) is 4.39 Å². The van der Waals surface area contributed by atoms with Crippen LogP contribution in [-0.2, 0) is 19.7 Å². The van der Waals surface area contributed by atoms with Crippen LogP contribution >= 0.6 is 0 Å². The lowest BCUT2D eigenvalue weighted by molar-refractivity contribution is -0.154. The van der Waals surface area contributed by atoms with Crippen molar-refractivity contribution < 1.29 is 28.2 Å². The van der Waals surface area contributed by atoms with Crippen molar-refractivity contribution in [3.63, 3.8) is 0 Å². The van der Waals surface area contributed by atoms with Crippen LogP contribution in [0.15, 0.2) is 48.5 Å². The molecule has 4 rings (SSSR count). The average molecular weight is 413 g/mol. The van der Waals surface area contributed by atoms with Gasteiger partial charge in [-0.3, -0.25) is 9.59 Å². The van der Waals surface area contributed by atoms with Gasteiger partial charge in [0.15, 0.2) is 18.1 Å². The molecule has 1 heterocycles. The summed E-state index contributed by atoms with van der Waals surface area (Å²) in [6, 6.07) is 13.6. The minimum atomic E-state index is -1.02. The molecule has 0 unspecified atom stereocenters. The Hall–Kier alpha value is -3.09. The molecular weight excluding hydrogens is 389 g/mol. The van der Waals surface area contributed by atoms with Crippen LogP contribution in [0, 0.1) is 5.82 Å². The van der Waals surface area contributed by atoms with Crippen molar-refractivity contribution in [1.82, 2.24) is 5.32 Å². The summed E-state index contributed by atoms with van der Waals surface area (Å²) in [6.07, 6.45) is 2.33. The molecule has 0 bridgehead atoms. The van der Waals surface area contributed by atoms with Crippen molar-refractivity contribution >= 4 is 11.9 Å². The zero-order valence-electron chi connectivity index (χ0n) is 16.6. The Morgan fingerprint density at radius 3 is 2.53 bits per heavy atom. The third-order valence-electron chi connectivity index (χ3n) is 5.67. The lowest BCUT2D eigenvalue weighted by Gasteiger charge is -2.28. The number of fused-ring (bicyclic) bond motifs is 1. The second-order valence-corrected chi connectivity index (χ2v) is 7.65. The summed E-state index contributed by atoms with van der Waals surface area (Å²) < 4.78 is 31.1. The summed E-state index contributed by atoms with van der Waals surface area (Å²) in [5.74, 6) is -0.110. The summed E-state index contributed by atoms with van der Waals surface area (Å²) >= 11 is 0. The predicted octanol–water partition coefficient (Wildman–Crippen LogP) is 3.14. The largest absolute Gasteiger partial charge is 0.486 e. The molecule has 1 aliphatic carbocycles. The van der Waals surface area contributed by atoms with E-state index >= 15 is 0 Å². The Morgan fingerprint density at radius 2 is 1.77 bits per heavy atom. The minimum Gasteiger partial charge on any atom is -0.486 e. The van der Waals surface area contributed by atoms with Gasteiger partial charge in [-0.05, 0) is 31.0 Å². The summed E-state index contributed by atoms with van der Waals surface area (Å²) in [4.78, 5) is 25.1. The highest BCUT2D eigenvalue weighted by Gasteiger charge is 2.46. The van der Waals surface area contributed by atoms with Crippen LogP contribution in [0.2, 0.25) is 0 Å². The van der Waals surface area contributed by atoms with E-state index in [1.165, 1.54) is 6.07 Å². The molecule has 1 saturated carbocycles. The predicted molar refractivity (Wildman–Crippen MR) is 107 cm³/mol. The van der Waals surface area contributed by atoms with Crippen LogP contribution in [0.5, 0.6) is 11.5 Å². The smallest absolute Gasteiger partial charge is 0.317 e. The number of esters is 1. The van der Waals surface area contributed by atoms with E-state index in [4.69, 9.17) is 14.2 Å². The fourth-order valence-corrected chi connectivity index (χ4v) is 4.12. The lowest BCUT2D eigenvalue weighted by atomic mass is 9.78. The Bertz CT molecular complexity index is 925. The molecule has 30 heavy (non-hydrogen) atoms. The van der Waals surface area contributed by atoms with Gasteiger partial charge in [0.1, 0.15) is 18.5 Å². The number of hydrogen-bond acceptors (Lipinski definition) is 5. The first-order chi connectivity index (χ1) is 14.6. The number of carbonyl (C=O) groups excluding carboxylic acids is 2. The first-order valence-electron chi connectivity index (χ1n) is 10.2. The Kier molecular flexibility index (Phi) is 5.88. The van der Waals surface area contributed by atoms with Crippen molar-refractivity contribution in [2.75, 3.05) is 19.8 Å². The van der Waals surface area contributed by atoms with Crippen molar-refractivity contribution in [1.29, 1.82) is 0 Å². The number of ether oxygens (including phenoxy) is 3. The van der Waals surface area contributed by atoms with Crippen LogP contribution in [0.4, 0.5) is 4.39 Å². The molecule has 2 aromatic carbocycles. The van der Waals surface area contributed by atoms with Gasteiger partial charge in [0.25, 0.3) is 5.91 Å². The number of benzene rings is 2. The highest BCUT2D eigenvalue weighted by atomic mass is 19.1. The molecule has 0 spiro atoms. The highest BCUT2D eigenvalue weighted by Crippen LogP contribution is 2.43. The van der Waals surface area contributed by atoms with E-state index in [9.17, 15) is 14.0 Å². The van der Waals surface area contributed by atoms with Gasteiger partial charge >= 0.3 is 5.97 Å². The molecule has 1 amide bonds. The van der Waals surface area contributed by atoms with Crippen LogP contribution in [0.3, 0.4) is 0 Å². The molecule has 1 N–H and O–H groups in total. The Morgan fingerprint density at radius 1 is 1.07 bits per heavy atom. The van der Waals surface area contributed by atoms with Gasteiger partial charge in [-0.1, -0.05) is 43.2 Å². The molecule has 2 aliphatic rings. The second kappa shape index (κ2) is 8.73. The van der Waals surface area contributed by atoms with Crippen molar-refractivity contribution in [3.05, 3.63) is 59.9 Å². The Labute approximate surface area is 174 Å². The summed E-state index contributed by atoms with van der Waals surface area (Å²) in [6.45, 7) is 0.121. The van der Waals surface area contributed by atoms with Crippen LogP contribution in [-0.4, -0.2) is 37.7 Å². The average Bonchev–Trinajstić information content (AvgIpc) is 3.27. The molecule has 1 aliphatic heterocycles. The SMILES string of the molecule is O=C(COC(=O)C1(c2ccccc2F)CCCC1)NC[C@H]1COc2ccccc2O1. The third kappa shape index (κ3) is 4.10. The van der Waals surface area contributed by atoms with E-state index in [0.29, 0.717) is 36.5 Å². The van der Waals surface area contributed by atoms with Gasteiger partial charge in [0.2, 0.25) is 0 Å². The van der Waals surface area contributed by atoms with Gasteiger partial charge in [-0.15, -0.1) is 0 Å². The zero-order valence-corrected chi connectivity index (χ0v) is 16.6. The summed E-state index contributed by atoms with van der Waals surface area (Å²) in [5, 5.41) is 2.70. The molecule has 0 aromatic heterocycles. The number of amides is 1. The molecule has 1 atom stereocenters. The van der Waals surface area contributed by atoms with Gasteiger partial charge in [-0.2, -0.15) is 0 Å². The topological polar surface area (TPSA) is 73.9 Å². The first-order valence-corrected chi connectivity index (χ1v) is 10.2. The maximum absolute atomic E-state index is 14.4. The molecule has 7 heteroatoms. The van der Waals surface area contributed by atoms with Crippen molar-refractivity contribution in [2.45, 2.75) is 37.2 Å². The third-order valence-corrected chi connectivity index (χ3v) is 5.67. The van der Waals surface area contributed by atoms with Gasteiger partial charge in [0.05, 0.1) is 12.0 Å². The van der Waals surface area contributed by atoms with E-state index < -0.39 is 29.7 Å². The van der Waals surface area contributed by atoms with Gasteiger partial charge < -0.3 is 19.5 Å². The maximum atomic E-state index is 14.4. The van der Waals surface area contributed by atoms with Crippen LogP contribution in [0.25, 0.3) is 0 Å². The molecule has 1 fully saturated rings. The monoisotopic (exact) mass is 413 g/mol. The fourth-order valence-electron chi connectivity index (χ4n) is 4.12. The van der Waals surface area contributed by atoms with E-state index in [0.717, 1.165) is 12.8 Å². The molecule has 6 nitrogen and oxygen atoms in total. The number of rotatable bonds is 6. The van der Waals surface area contributed by atoms with Crippen LogP contribution < -0.4 is 14.8 Å². The van der Waals surface area contributed by atoms with Crippen LogP contribution in [0.1, 0.15) is 31.2 Å². The standard InChI is InChI=1S/C23H24FNO5/c24-18-8-2-1-7-17(18)23(11-5-6-12-23)22(27)29-15-21(26)25-13-16-14-28-19-9-3-4-10-20(19)30-16/h1-4,7-10,16H,5-6,11-15H2,(H,25,26)/t16-/m0/s1. The molecule has 158 valence electrons. The van der Waals surface area contributed by atoms with E-state index in [2.05, 4.69) is 5.32 Å². The number of nitrogens with one attached hydrogen (secondary N) is 1. The highest BCUT2D eigenvalue weighted by molar-refractivity contribution is 5.86. The lowest BCUT2D eigenvalue weighted by Crippen LogP contribution is -2.43. The van der Waals surface area contributed by atoms with E-state index in [-0.39, 0.29) is 12.6 Å². The first kappa shape index (κ1) is 20.2. The molecule has 0 radical (unpaired) electrons. The Balaban J connectivity index is 1.30. The van der Waals surface area contributed by atoms with Crippen molar-refractivity contribution in [2.24, 2.45) is 0 Å². The van der Waals surface area contributed by atoms with E-state index in [1.54, 1.807) is 24.3 Å². The fraction of sp³-hybridized carbons (Fsp3) is 0.391. The zero-order chi connectivity index (χ0) is 21.0. The quantitative estimate of drug-likeness (QED) is 0.737. The summed E-state index contributed by atoms with van der Waals surface area (Å²) in [5.41, 5.74) is -0.672. The van der Waals surface area contributed by atoms with Crippen molar-refractivity contribution in [3.8, 4) is 11.5 Å². The molecule has 0 saturated heterocycles. The maximum Gasteiger partial charge on any atom is 0.317 e. The molecular formula is C23H24FNO5. The summed E-state index contributed by atoms with van der Waals surface area (Å²) in [7, 11) is 0. The van der Waals surface area contributed by atoms with Gasteiger partial charge in [0, 0.05) is 5.56 Å². The number of hydrogen-bond donors (Lipinski definition) is 1. The molecule has 2 aromatic rings. The number of halogens is 1. The van der Waals surface area contributed by atoms with E-state index in [1.807, 2.05) is 18.2 Å². The minimum absolute atomic E-state index is 0.225. The normalized spacial score (nSPS) is 19.2. The number of carbonyl (C=O) groups is 2.